The molecule has 2 heterocycles. The molecule has 2 aromatic carbocycles. The third-order valence-corrected chi connectivity index (χ3v) is 5.99. The van der Waals surface area contributed by atoms with Crippen LogP contribution in [0, 0.1) is 12.3 Å². The maximum atomic E-state index is 10.7. The minimum absolute atomic E-state index is 0.144. The summed E-state index contributed by atoms with van der Waals surface area (Å²) in [5, 5.41) is 20.1. The normalized spacial score (nSPS) is 13.8. The van der Waals surface area contributed by atoms with Crippen molar-refractivity contribution >= 4 is 28.4 Å². The molecule has 31 heavy (non-hydrogen) atoms. The molecule has 1 aliphatic heterocycles. The van der Waals surface area contributed by atoms with E-state index in [-0.39, 0.29) is 18.1 Å². The Labute approximate surface area is 185 Å². The second-order valence-corrected chi connectivity index (χ2v) is 8.25. The molecule has 1 aromatic heterocycles. The molecule has 2 N–H and O–H groups in total. The Morgan fingerprint density at radius 3 is 2.48 bits per heavy atom. The van der Waals surface area contributed by atoms with Crippen molar-refractivity contribution in [3.05, 3.63) is 64.2 Å². The zero-order valence-electron chi connectivity index (χ0n) is 17.8. The number of aromatic nitrogens is 1. The van der Waals surface area contributed by atoms with E-state index in [2.05, 4.69) is 0 Å². The number of aryl methyl sites for hydroxylation is 1. The van der Waals surface area contributed by atoms with Gasteiger partial charge in [-0.3, -0.25) is 5.41 Å². The molecular formula is C24H25N3O3S. The highest BCUT2D eigenvalue weighted by molar-refractivity contribution is 7.13. The second-order valence-electron chi connectivity index (χ2n) is 7.04. The first kappa shape index (κ1) is 20.9. The first-order valence-electron chi connectivity index (χ1n) is 10.2. The van der Waals surface area contributed by atoms with Crippen molar-refractivity contribution in [2.45, 2.75) is 20.8 Å². The largest absolute Gasteiger partial charge is 0.510 e. The van der Waals surface area contributed by atoms with Crippen LogP contribution in [0.5, 0.6) is 11.5 Å². The van der Waals surface area contributed by atoms with Crippen molar-refractivity contribution in [3.8, 4) is 22.8 Å². The standard InChI is InChI=1S/C24H25N3O3S/c1-4-29-19-12-11-17(13-20(19)30-5-2)27-14-18(28)21(23(27)25)24-26-22(15(3)31-24)16-9-7-6-8-10-16/h6-13,25,28H,4-5,14H2,1-3H3. The smallest absolute Gasteiger partial charge is 0.163 e. The summed E-state index contributed by atoms with van der Waals surface area (Å²) in [5.74, 6) is 1.65. The van der Waals surface area contributed by atoms with Crippen molar-refractivity contribution in [2.75, 3.05) is 24.7 Å². The summed E-state index contributed by atoms with van der Waals surface area (Å²) in [6.07, 6.45) is 0. The van der Waals surface area contributed by atoms with E-state index in [0.717, 1.165) is 21.8 Å². The van der Waals surface area contributed by atoms with Crippen LogP contribution in [0.1, 0.15) is 23.7 Å². The maximum absolute atomic E-state index is 10.7. The SMILES string of the molecule is CCOc1ccc(N2CC(O)=C(c3nc(-c4ccccc4)c(C)s3)C2=N)cc1OCC. The van der Waals surface area contributed by atoms with E-state index < -0.39 is 0 Å². The monoisotopic (exact) mass is 435 g/mol. The first-order chi connectivity index (χ1) is 15.0. The molecular weight excluding hydrogens is 410 g/mol. The van der Waals surface area contributed by atoms with Gasteiger partial charge in [0.1, 0.15) is 16.6 Å². The summed E-state index contributed by atoms with van der Waals surface area (Å²) in [6.45, 7) is 7.12. The number of nitrogens with one attached hydrogen (secondary N) is 1. The molecule has 0 amide bonds. The first-order valence-corrected chi connectivity index (χ1v) is 11.1. The van der Waals surface area contributed by atoms with Crippen molar-refractivity contribution in [3.63, 3.8) is 0 Å². The number of amidine groups is 1. The fraction of sp³-hybridized carbons (Fsp3) is 0.250. The number of aliphatic hydroxyl groups is 1. The average Bonchev–Trinajstić information content (AvgIpc) is 3.29. The van der Waals surface area contributed by atoms with E-state index in [1.165, 1.54) is 11.3 Å². The molecule has 0 saturated carbocycles. The lowest BCUT2D eigenvalue weighted by atomic mass is 10.1. The average molecular weight is 436 g/mol. The second kappa shape index (κ2) is 8.81. The maximum Gasteiger partial charge on any atom is 0.163 e. The van der Waals surface area contributed by atoms with E-state index >= 15 is 0 Å². The molecule has 0 atom stereocenters. The Morgan fingerprint density at radius 1 is 1.06 bits per heavy atom. The summed E-state index contributed by atoms with van der Waals surface area (Å²) in [4.78, 5) is 7.57. The van der Waals surface area contributed by atoms with E-state index in [1.54, 1.807) is 4.90 Å². The molecule has 0 fully saturated rings. The number of rotatable bonds is 7. The molecule has 0 radical (unpaired) electrons. The lowest BCUT2D eigenvalue weighted by Crippen LogP contribution is -2.26. The van der Waals surface area contributed by atoms with Gasteiger partial charge in [0.25, 0.3) is 0 Å². The van der Waals surface area contributed by atoms with Crippen molar-refractivity contribution in [1.29, 1.82) is 5.41 Å². The van der Waals surface area contributed by atoms with Gasteiger partial charge >= 0.3 is 0 Å². The summed E-state index contributed by atoms with van der Waals surface area (Å²) in [6, 6.07) is 15.5. The van der Waals surface area contributed by atoms with Gasteiger partial charge in [0.2, 0.25) is 0 Å². The lowest BCUT2D eigenvalue weighted by molar-refractivity contribution is 0.288. The number of hydrogen-bond donors (Lipinski definition) is 2. The van der Waals surface area contributed by atoms with Gasteiger partial charge in [-0.1, -0.05) is 30.3 Å². The van der Waals surface area contributed by atoms with Gasteiger partial charge < -0.3 is 19.5 Å². The van der Waals surface area contributed by atoms with E-state index in [0.29, 0.717) is 35.3 Å². The van der Waals surface area contributed by atoms with Crippen molar-refractivity contribution in [2.24, 2.45) is 0 Å². The molecule has 160 valence electrons. The Bertz CT molecular complexity index is 1140. The zero-order valence-corrected chi connectivity index (χ0v) is 18.6. The van der Waals surface area contributed by atoms with Gasteiger partial charge in [-0.2, -0.15) is 0 Å². The number of aliphatic hydroxyl groups excluding tert-OH is 1. The Morgan fingerprint density at radius 2 is 1.77 bits per heavy atom. The molecule has 0 spiro atoms. The number of nitrogens with zero attached hydrogens (tertiary/aromatic N) is 2. The molecule has 6 nitrogen and oxygen atoms in total. The highest BCUT2D eigenvalue weighted by Gasteiger charge is 2.32. The number of ether oxygens (including phenoxy) is 2. The molecule has 0 unspecified atom stereocenters. The third kappa shape index (κ3) is 4.01. The number of benzene rings is 2. The van der Waals surface area contributed by atoms with Crippen LogP contribution in [0.25, 0.3) is 16.8 Å². The van der Waals surface area contributed by atoms with Crippen LogP contribution in [0.4, 0.5) is 5.69 Å². The predicted octanol–water partition coefficient (Wildman–Crippen LogP) is 5.68. The van der Waals surface area contributed by atoms with Gasteiger partial charge in [0.05, 0.1) is 31.0 Å². The van der Waals surface area contributed by atoms with Crippen molar-refractivity contribution < 1.29 is 14.6 Å². The van der Waals surface area contributed by atoms with E-state index in [4.69, 9.17) is 19.9 Å². The zero-order chi connectivity index (χ0) is 22.0. The molecule has 7 heteroatoms. The van der Waals surface area contributed by atoms with Crippen LogP contribution < -0.4 is 14.4 Å². The molecule has 4 rings (SSSR count). The molecule has 0 aliphatic carbocycles. The number of anilines is 1. The summed E-state index contributed by atoms with van der Waals surface area (Å²) in [5.41, 5.74) is 3.14. The predicted molar refractivity (Wildman–Crippen MR) is 126 cm³/mol. The summed E-state index contributed by atoms with van der Waals surface area (Å²) >= 11 is 1.49. The van der Waals surface area contributed by atoms with Gasteiger partial charge in [0.15, 0.2) is 11.5 Å². The van der Waals surface area contributed by atoms with E-state index in [9.17, 15) is 5.11 Å². The highest BCUT2D eigenvalue weighted by Crippen LogP contribution is 2.39. The van der Waals surface area contributed by atoms with Crippen LogP contribution in [0.15, 0.2) is 54.3 Å². The molecule has 3 aromatic rings. The van der Waals surface area contributed by atoms with Crippen LogP contribution >= 0.6 is 11.3 Å². The van der Waals surface area contributed by atoms with Crippen LogP contribution in [-0.4, -0.2) is 35.7 Å². The lowest BCUT2D eigenvalue weighted by Gasteiger charge is -2.20. The minimum Gasteiger partial charge on any atom is -0.510 e. The fourth-order valence-corrected chi connectivity index (χ4v) is 4.60. The van der Waals surface area contributed by atoms with Crippen LogP contribution in [0.3, 0.4) is 0 Å². The molecule has 0 bridgehead atoms. The third-order valence-electron chi connectivity index (χ3n) is 5.00. The fourth-order valence-electron chi connectivity index (χ4n) is 3.60. The molecule has 0 saturated heterocycles. The van der Waals surface area contributed by atoms with Crippen molar-refractivity contribution in [1.82, 2.24) is 4.98 Å². The minimum atomic E-state index is 0.144. The van der Waals surface area contributed by atoms with Gasteiger partial charge in [-0.05, 0) is 32.9 Å². The quantitative estimate of drug-likeness (QED) is 0.499. The van der Waals surface area contributed by atoms with E-state index in [1.807, 2.05) is 69.3 Å². The number of hydrogen-bond acceptors (Lipinski definition) is 6. The highest BCUT2D eigenvalue weighted by atomic mass is 32.1. The van der Waals surface area contributed by atoms with Crippen LogP contribution in [0.2, 0.25) is 0 Å². The van der Waals surface area contributed by atoms with Gasteiger partial charge in [0, 0.05) is 22.2 Å². The van der Waals surface area contributed by atoms with Gasteiger partial charge in [-0.25, -0.2) is 4.98 Å². The Kier molecular flexibility index (Phi) is 5.95. The summed E-state index contributed by atoms with van der Waals surface area (Å²) < 4.78 is 11.4. The molecule has 1 aliphatic rings. The Balaban J connectivity index is 1.65. The van der Waals surface area contributed by atoms with Gasteiger partial charge in [-0.15, -0.1) is 11.3 Å². The Hall–Kier alpha value is -3.32. The summed E-state index contributed by atoms with van der Waals surface area (Å²) in [7, 11) is 0. The number of thiazole rings is 1. The topological polar surface area (TPSA) is 78.7 Å². The van der Waals surface area contributed by atoms with Crippen LogP contribution in [-0.2, 0) is 0 Å².